The molecular formula is C34H51N. The molecule has 35 heavy (non-hydrogen) atoms. The first-order chi connectivity index (χ1) is 17.3. The second-order valence-electron chi connectivity index (χ2n) is 10.1. The zero-order chi connectivity index (χ0) is 24.8. The van der Waals surface area contributed by atoms with Gasteiger partial charge in [0.15, 0.2) is 0 Å². The number of hydrogen-bond donors (Lipinski definition) is 1. The summed E-state index contributed by atoms with van der Waals surface area (Å²) in [6.07, 6.45) is 25.0. The molecule has 0 fully saturated rings. The van der Waals surface area contributed by atoms with Gasteiger partial charge in [-0.25, -0.2) is 0 Å². The number of unbranched alkanes of at least 4 members (excludes halogenated alkanes) is 12. The third-order valence-corrected chi connectivity index (χ3v) is 6.95. The van der Waals surface area contributed by atoms with Crippen molar-refractivity contribution in [1.29, 1.82) is 0 Å². The van der Waals surface area contributed by atoms with E-state index in [0.717, 1.165) is 13.1 Å². The fraction of sp³-hybridized carbons (Fsp3) is 0.529. The molecule has 0 saturated heterocycles. The van der Waals surface area contributed by atoms with E-state index in [4.69, 9.17) is 0 Å². The first-order valence-electron chi connectivity index (χ1n) is 14.4. The van der Waals surface area contributed by atoms with Gasteiger partial charge in [0.1, 0.15) is 0 Å². The predicted octanol–water partition coefficient (Wildman–Crippen LogP) is 9.89. The molecule has 0 saturated carbocycles. The lowest BCUT2D eigenvalue weighted by Gasteiger charge is -2.08. The second kappa shape index (κ2) is 20.1. The lowest BCUT2D eigenvalue weighted by Crippen LogP contribution is -2.12. The standard InChI is InChI=1S/C34H51N/c1-3-5-7-9-11-13-15-17-19-31-21-25-33(26-22-31)29-35-30-34-27-23-32(24-28-34)20-18-16-14-12-10-8-6-4-2/h3-4,21-28,35H,1-2,5-20,29-30H2. The Hall–Kier alpha value is -2.12. The Morgan fingerprint density at radius 2 is 0.743 bits per heavy atom. The van der Waals surface area contributed by atoms with Crippen molar-refractivity contribution in [2.75, 3.05) is 0 Å². The summed E-state index contributed by atoms with van der Waals surface area (Å²) in [7, 11) is 0. The molecule has 1 nitrogen and oxygen atoms in total. The molecule has 0 unspecified atom stereocenters. The molecule has 1 N–H and O–H groups in total. The van der Waals surface area contributed by atoms with Crippen molar-refractivity contribution in [3.63, 3.8) is 0 Å². The largest absolute Gasteiger partial charge is 0.309 e. The highest BCUT2D eigenvalue weighted by Gasteiger charge is 1.99. The van der Waals surface area contributed by atoms with Crippen LogP contribution in [-0.4, -0.2) is 0 Å². The summed E-state index contributed by atoms with van der Waals surface area (Å²) < 4.78 is 0. The third kappa shape index (κ3) is 14.8. The van der Waals surface area contributed by atoms with Crippen molar-refractivity contribution < 1.29 is 0 Å². The van der Waals surface area contributed by atoms with Gasteiger partial charge in [-0.3, -0.25) is 0 Å². The van der Waals surface area contributed by atoms with Gasteiger partial charge in [0.05, 0.1) is 0 Å². The van der Waals surface area contributed by atoms with Crippen molar-refractivity contribution in [3.05, 3.63) is 96.1 Å². The summed E-state index contributed by atoms with van der Waals surface area (Å²) >= 11 is 0. The van der Waals surface area contributed by atoms with Gasteiger partial charge >= 0.3 is 0 Å². The zero-order valence-corrected chi connectivity index (χ0v) is 22.4. The lowest BCUT2D eigenvalue weighted by atomic mass is 10.0. The van der Waals surface area contributed by atoms with Crippen LogP contribution in [0.5, 0.6) is 0 Å². The molecular weight excluding hydrogens is 422 g/mol. The van der Waals surface area contributed by atoms with E-state index >= 15 is 0 Å². The van der Waals surface area contributed by atoms with Crippen LogP contribution in [0.4, 0.5) is 0 Å². The molecule has 2 aromatic rings. The smallest absolute Gasteiger partial charge is 0.0208 e. The summed E-state index contributed by atoms with van der Waals surface area (Å²) in [4.78, 5) is 0. The topological polar surface area (TPSA) is 12.0 Å². The van der Waals surface area contributed by atoms with E-state index in [1.807, 2.05) is 12.2 Å². The van der Waals surface area contributed by atoms with Crippen molar-refractivity contribution in [2.24, 2.45) is 0 Å². The van der Waals surface area contributed by atoms with Gasteiger partial charge in [-0.1, -0.05) is 112 Å². The fourth-order valence-corrected chi connectivity index (χ4v) is 4.65. The predicted molar refractivity (Wildman–Crippen MR) is 156 cm³/mol. The summed E-state index contributed by atoms with van der Waals surface area (Å²) in [6, 6.07) is 18.4. The second-order valence-corrected chi connectivity index (χ2v) is 10.1. The highest BCUT2D eigenvalue weighted by Crippen LogP contribution is 2.14. The highest BCUT2D eigenvalue weighted by molar-refractivity contribution is 5.24. The Morgan fingerprint density at radius 3 is 1.11 bits per heavy atom. The molecule has 0 bridgehead atoms. The molecule has 2 rings (SSSR count). The Labute approximate surface area is 217 Å². The van der Waals surface area contributed by atoms with Crippen molar-refractivity contribution in [3.8, 4) is 0 Å². The minimum Gasteiger partial charge on any atom is -0.309 e. The molecule has 0 heterocycles. The van der Waals surface area contributed by atoms with Crippen LogP contribution >= 0.6 is 0 Å². The first-order valence-corrected chi connectivity index (χ1v) is 14.4. The molecule has 2 aromatic carbocycles. The molecule has 0 spiro atoms. The molecule has 0 aliphatic heterocycles. The van der Waals surface area contributed by atoms with Crippen LogP contribution < -0.4 is 5.32 Å². The van der Waals surface area contributed by atoms with Crippen molar-refractivity contribution in [2.45, 2.75) is 116 Å². The maximum absolute atomic E-state index is 3.79. The van der Waals surface area contributed by atoms with Gasteiger partial charge in [0.2, 0.25) is 0 Å². The Balaban J connectivity index is 1.52. The number of hydrogen-bond acceptors (Lipinski definition) is 1. The van der Waals surface area contributed by atoms with Gasteiger partial charge in [-0.15, -0.1) is 13.2 Å². The Morgan fingerprint density at radius 1 is 0.429 bits per heavy atom. The maximum Gasteiger partial charge on any atom is 0.0208 e. The minimum atomic E-state index is 0.930. The van der Waals surface area contributed by atoms with E-state index in [2.05, 4.69) is 67.0 Å². The Kier molecular flexibility index (Phi) is 16.7. The number of nitrogens with one attached hydrogen (secondary N) is 1. The SMILES string of the molecule is C=CCCCCCCCCc1ccc(CNCc2ccc(CCCCCCCCC=C)cc2)cc1. The van der Waals surface area contributed by atoms with Gasteiger partial charge < -0.3 is 5.32 Å². The van der Waals surface area contributed by atoms with Crippen LogP contribution in [-0.2, 0) is 25.9 Å². The van der Waals surface area contributed by atoms with Crippen LogP contribution in [0.3, 0.4) is 0 Å². The van der Waals surface area contributed by atoms with E-state index in [0.29, 0.717) is 0 Å². The third-order valence-electron chi connectivity index (χ3n) is 6.95. The fourth-order valence-electron chi connectivity index (χ4n) is 4.65. The molecule has 0 atom stereocenters. The summed E-state index contributed by atoms with van der Waals surface area (Å²) in [6.45, 7) is 9.45. The molecule has 192 valence electrons. The molecule has 1 heteroatoms. The normalized spacial score (nSPS) is 11.0. The van der Waals surface area contributed by atoms with Crippen LogP contribution in [0.1, 0.15) is 112 Å². The molecule has 0 aliphatic carbocycles. The van der Waals surface area contributed by atoms with Crippen molar-refractivity contribution >= 4 is 0 Å². The summed E-state index contributed by atoms with van der Waals surface area (Å²) in [5, 5.41) is 3.61. The van der Waals surface area contributed by atoms with Gasteiger partial charge in [0, 0.05) is 13.1 Å². The lowest BCUT2D eigenvalue weighted by molar-refractivity contribution is 0.597. The first kappa shape index (κ1) is 29.1. The minimum absolute atomic E-state index is 0.930. The van der Waals surface area contributed by atoms with Gasteiger partial charge in [0.25, 0.3) is 0 Å². The monoisotopic (exact) mass is 473 g/mol. The van der Waals surface area contributed by atoms with Gasteiger partial charge in [-0.05, 0) is 73.6 Å². The summed E-state index contributed by atoms with van der Waals surface area (Å²) in [5.41, 5.74) is 5.70. The van der Waals surface area contributed by atoms with Crippen LogP contribution in [0.25, 0.3) is 0 Å². The van der Waals surface area contributed by atoms with Gasteiger partial charge in [-0.2, -0.15) is 0 Å². The summed E-state index contributed by atoms with van der Waals surface area (Å²) in [5.74, 6) is 0. The van der Waals surface area contributed by atoms with E-state index < -0.39 is 0 Å². The van der Waals surface area contributed by atoms with E-state index in [-0.39, 0.29) is 0 Å². The molecule has 0 amide bonds. The van der Waals surface area contributed by atoms with Crippen LogP contribution in [0, 0.1) is 0 Å². The highest BCUT2D eigenvalue weighted by atomic mass is 14.8. The molecule has 0 aromatic heterocycles. The number of allylic oxidation sites excluding steroid dienone is 2. The van der Waals surface area contributed by atoms with Crippen LogP contribution in [0.2, 0.25) is 0 Å². The average molecular weight is 474 g/mol. The molecule has 0 aliphatic rings. The maximum atomic E-state index is 3.79. The average Bonchev–Trinajstić information content (AvgIpc) is 2.89. The zero-order valence-electron chi connectivity index (χ0n) is 22.4. The quantitative estimate of drug-likeness (QED) is 0.132. The van der Waals surface area contributed by atoms with E-state index in [1.54, 1.807) is 0 Å². The van der Waals surface area contributed by atoms with E-state index in [9.17, 15) is 0 Å². The van der Waals surface area contributed by atoms with Crippen LogP contribution in [0.15, 0.2) is 73.8 Å². The number of aryl methyl sites for hydroxylation is 2. The number of rotatable bonds is 22. The number of benzene rings is 2. The van der Waals surface area contributed by atoms with Crippen molar-refractivity contribution in [1.82, 2.24) is 5.32 Å². The van der Waals surface area contributed by atoms with E-state index in [1.165, 1.54) is 125 Å². The Bertz CT molecular complexity index is 704. The molecule has 0 radical (unpaired) electrons.